The fourth-order valence-electron chi connectivity index (χ4n) is 4.46. The third-order valence-corrected chi connectivity index (χ3v) is 7.17. The molecule has 180 valence electrons. The van der Waals surface area contributed by atoms with Gasteiger partial charge in [0.1, 0.15) is 22.9 Å². The maximum absolute atomic E-state index is 14.1. The molecule has 1 saturated heterocycles. The van der Waals surface area contributed by atoms with Crippen molar-refractivity contribution in [3.63, 3.8) is 0 Å². The van der Waals surface area contributed by atoms with Crippen LogP contribution in [-0.2, 0) is 11.3 Å². The van der Waals surface area contributed by atoms with Gasteiger partial charge in [0.05, 0.1) is 16.9 Å². The standard InChI is InChI=1S/C25H22F2N4O3S/c1-16-14-17(26)6-7-19(16)31-24(33)23-21(8-13-35-23)30(25(31)34)15-22(32)29-11-9-28(10-12-29)20-5-3-2-4-18(20)27/h2-8,13-14H,9-12,15H2,1H3. The number of benzene rings is 2. The molecule has 0 unspecified atom stereocenters. The molecule has 35 heavy (non-hydrogen) atoms. The number of hydrogen-bond donors (Lipinski definition) is 0. The zero-order valence-corrected chi connectivity index (χ0v) is 19.7. The number of carbonyl (C=O) groups is 1. The van der Waals surface area contributed by atoms with Crippen LogP contribution in [0.2, 0.25) is 0 Å². The van der Waals surface area contributed by atoms with E-state index in [4.69, 9.17) is 0 Å². The summed E-state index contributed by atoms with van der Waals surface area (Å²) in [6, 6.07) is 12.0. The Balaban J connectivity index is 1.44. The Morgan fingerprint density at radius 2 is 1.71 bits per heavy atom. The third kappa shape index (κ3) is 4.14. The van der Waals surface area contributed by atoms with Crippen molar-refractivity contribution in [1.29, 1.82) is 0 Å². The van der Waals surface area contributed by atoms with Crippen LogP contribution in [-0.4, -0.2) is 46.1 Å². The first-order valence-corrected chi connectivity index (χ1v) is 12.0. The van der Waals surface area contributed by atoms with Gasteiger partial charge in [-0.3, -0.25) is 14.2 Å². The molecule has 7 nitrogen and oxygen atoms in total. The highest BCUT2D eigenvalue weighted by atomic mass is 32.1. The van der Waals surface area contributed by atoms with Crippen molar-refractivity contribution < 1.29 is 13.6 Å². The largest absolute Gasteiger partial charge is 0.366 e. The average molecular weight is 497 g/mol. The molecule has 2 aromatic heterocycles. The number of carbonyl (C=O) groups excluding carboxylic acids is 1. The predicted molar refractivity (Wildman–Crippen MR) is 132 cm³/mol. The number of rotatable bonds is 4. The van der Waals surface area contributed by atoms with Crippen molar-refractivity contribution in [2.45, 2.75) is 13.5 Å². The van der Waals surface area contributed by atoms with Gasteiger partial charge in [-0.25, -0.2) is 18.1 Å². The number of aromatic nitrogens is 2. The molecule has 0 bridgehead atoms. The van der Waals surface area contributed by atoms with Crippen LogP contribution in [0.5, 0.6) is 0 Å². The van der Waals surface area contributed by atoms with Gasteiger partial charge in [0.25, 0.3) is 5.56 Å². The van der Waals surface area contributed by atoms with Crippen molar-refractivity contribution in [1.82, 2.24) is 14.0 Å². The number of nitrogens with zero attached hydrogens (tertiary/aromatic N) is 4. The maximum atomic E-state index is 14.1. The molecule has 0 saturated carbocycles. The van der Waals surface area contributed by atoms with Gasteiger partial charge in [-0.1, -0.05) is 12.1 Å². The van der Waals surface area contributed by atoms with Crippen LogP contribution in [0.25, 0.3) is 15.9 Å². The minimum atomic E-state index is -0.658. The van der Waals surface area contributed by atoms with E-state index >= 15 is 0 Å². The van der Waals surface area contributed by atoms with Crippen LogP contribution in [0.3, 0.4) is 0 Å². The van der Waals surface area contributed by atoms with E-state index in [-0.39, 0.29) is 24.0 Å². The number of halogens is 2. The summed E-state index contributed by atoms with van der Waals surface area (Å²) in [7, 11) is 0. The normalized spacial score (nSPS) is 14.0. The molecule has 0 radical (unpaired) electrons. The Morgan fingerprint density at radius 3 is 2.43 bits per heavy atom. The highest BCUT2D eigenvalue weighted by molar-refractivity contribution is 7.17. The molecular formula is C25H22F2N4O3S. The molecular weight excluding hydrogens is 474 g/mol. The molecule has 0 N–H and O–H groups in total. The molecule has 3 heterocycles. The lowest BCUT2D eigenvalue weighted by atomic mass is 10.2. The number of thiophene rings is 1. The Hall–Kier alpha value is -3.79. The van der Waals surface area contributed by atoms with Gasteiger partial charge in [-0.05, 0) is 54.3 Å². The van der Waals surface area contributed by atoms with Gasteiger partial charge in [0.15, 0.2) is 0 Å². The van der Waals surface area contributed by atoms with Crippen molar-refractivity contribution in [2.24, 2.45) is 0 Å². The van der Waals surface area contributed by atoms with E-state index in [2.05, 4.69) is 0 Å². The molecule has 1 fully saturated rings. The summed E-state index contributed by atoms with van der Waals surface area (Å²) in [6.07, 6.45) is 0. The van der Waals surface area contributed by atoms with Crippen molar-refractivity contribution in [3.05, 3.63) is 91.9 Å². The van der Waals surface area contributed by atoms with Crippen molar-refractivity contribution in [3.8, 4) is 5.69 Å². The monoisotopic (exact) mass is 496 g/mol. The summed E-state index contributed by atoms with van der Waals surface area (Å²) in [5, 5.41) is 1.70. The zero-order valence-electron chi connectivity index (χ0n) is 18.9. The van der Waals surface area contributed by atoms with Crippen LogP contribution < -0.4 is 16.1 Å². The Labute approximate surface area is 203 Å². The van der Waals surface area contributed by atoms with E-state index in [1.54, 1.807) is 41.5 Å². The zero-order chi connectivity index (χ0) is 24.7. The number of amides is 1. The number of hydrogen-bond acceptors (Lipinski definition) is 5. The molecule has 1 amide bonds. The number of aryl methyl sites for hydroxylation is 1. The highest BCUT2D eigenvalue weighted by Crippen LogP contribution is 2.21. The Bertz CT molecular complexity index is 1550. The minimum absolute atomic E-state index is 0.244. The molecule has 10 heteroatoms. The second-order valence-corrected chi connectivity index (χ2v) is 9.31. The lowest BCUT2D eigenvalue weighted by molar-refractivity contribution is -0.132. The van der Waals surface area contributed by atoms with Gasteiger partial charge >= 0.3 is 5.69 Å². The van der Waals surface area contributed by atoms with Crippen LogP contribution in [0.4, 0.5) is 14.5 Å². The van der Waals surface area contributed by atoms with Crippen LogP contribution in [0, 0.1) is 18.6 Å². The first-order chi connectivity index (χ1) is 16.8. The summed E-state index contributed by atoms with van der Waals surface area (Å²) in [6.45, 7) is 3.06. The minimum Gasteiger partial charge on any atom is -0.366 e. The molecule has 1 aliphatic rings. The SMILES string of the molecule is Cc1cc(F)ccc1-n1c(=O)c2sccc2n(CC(=O)N2CCN(c3ccccc3F)CC2)c1=O. The Kier molecular flexibility index (Phi) is 5.98. The lowest BCUT2D eigenvalue weighted by Crippen LogP contribution is -2.51. The summed E-state index contributed by atoms with van der Waals surface area (Å²) in [5.74, 6) is -1.05. The molecule has 5 rings (SSSR count). The van der Waals surface area contributed by atoms with Gasteiger partial charge in [-0.15, -0.1) is 11.3 Å². The predicted octanol–water partition coefficient (Wildman–Crippen LogP) is 3.15. The van der Waals surface area contributed by atoms with Gasteiger partial charge in [-0.2, -0.15) is 0 Å². The van der Waals surface area contributed by atoms with E-state index in [0.717, 1.165) is 4.57 Å². The Morgan fingerprint density at radius 1 is 0.971 bits per heavy atom. The number of fused-ring (bicyclic) bond motifs is 1. The molecule has 4 aromatic rings. The topological polar surface area (TPSA) is 67.6 Å². The van der Waals surface area contributed by atoms with E-state index < -0.39 is 17.1 Å². The lowest BCUT2D eigenvalue weighted by Gasteiger charge is -2.36. The summed E-state index contributed by atoms with van der Waals surface area (Å²) in [5.41, 5.74) is 0.432. The molecule has 1 aliphatic heterocycles. The summed E-state index contributed by atoms with van der Waals surface area (Å²) < 4.78 is 30.4. The molecule has 0 spiro atoms. The quantitative estimate of drug-likeness (QED) is 0.436. The van der Waals surface area contributed by atoms with Gasteiger partial charge in [0, 0.05) is 26.2 Å². The fraction of sp³-hybridized carbons (Fsp3) is 0.240. The first kappa shape index (κ1) is 23.0. The van der Waals surface area contributed by atoms with Crippen molar-refractivity contribution >= 4 is 33.1 Å². The maximum Gasteiger partial charge on any atom is 0.336 e. The van der Waals surface area contributed by atoms with E-state index in [1.165, 1.54) is 40.2 Å². The van der Waals surface area contributed by atoms with E-state index in [1.807, 2.05) is 4.90 Å². The third-order valence-electron chi connectivity index (χ3n) is 6.27. The van der Waals surface area contributed by atoms with Crippen LogP contribution >= 0.6 is 11.3 Å². The number of para-hydroxylation sites is 1. The molecule has 0 aliphatic carbocycles. The van der Waals surface area contributed by atoms with Gasteiger partial charge < -0.3 is 9.80 Å². The second-order valence-electron chi connectivity index (χ2n) is 8.39. The summed E-state index contributed by atoms with van der Waals surface area (Å²) >= 11 is 1.18. The van der Waals surface area contributed by atoms with E-state index in [0.29, 0.717) is 47.6 Å². The molecule has 0 atom stereocenters. The first-order valence-electron chi connectivity index (χ1n) is 11.1. The molecule has 2 aromatic carbocycles. The van der Waals surface area contributed by atoms with Crippen LogP contribution in [0.1, 0.15) is 5.56 Å². The van der Waals surface area contributed by atoms with Crippen molar-refractivity contribution in [2.75, 3.05) is 31.1 Å². The van der Waals surface area contributed by atoms with Gasteiger partial charge in [0.2, 0.25) is 5.91 Å². The average Bonchev–Trinajstić information content (AvgIpc) is 3.34. The van der Waals surface area contributed by atoms with Crippen LogP contribution in [0.15, 0.2) is 63.5 Å². The van der Waals surface area contributed by atoms with E-state index in [9.17, 15) is 23.2 Å². The fourth-order valence-corrected chi connectivity index (χ4v) is 5.29. The number of piperazine rings is 1. The number of anilines is 1. The highest BCUT2D eigenvalue weighted by Gasteiger charge is 2.25. The summed E-state index contributed by atoms with van der Waals surface area (Å²) in [4.78, 5) is 43.3. The second kappa shape index (κ2) is 9.10. The smallest absolute Gasteiger partial charge is 0.336 e.